The molecule has 0 aliphatic carbocycles. The molecular weight excluding hydrogens is 369 g/mol. The van der Waals surface area contributed by atoms with Gasteiger partial charge >= 0.3 is 40.4 Å². The minimum atomic E-state index is -4.32. The number of hydrogen-bond acceptors (Lipinski definition) is 5. The van der Waals surface area contributed by atoms with Crippen LogP contribution < -0.4 is 0 Å². The summed E-state index contributed by atoms with van der Waals surface area (Å²) < 4.78 is 53.9. The van der Waals surface area contributed by atoms with Crippen molar-refractivity contribution in [3.63, 3.8) is 0 Å². The zero-order chi connectivity index (χ0) is 18.0. The van der Waals surface area contributed by atoms with E-state index in [-0.39, 0.29) is 0 Å². The van der Waals surface area contributed by atoms with Crippen LogP contribution in [0.3, 0.4) is 0 Å². The van der Waals surface area contributed by atoms with Gasteiger partial charge in [0.2, 0.25) is 0 Å². The predicted octanol–water partition coefficient (Wildman–Crippen LogP) is 3.15. The average molecular weight is 397 g/mol. The molecule has 1 atom stereocenters. The normalized spacial score (nSPS) is 17.5. The van der Waals surface area contributed by atoms with Gasteiger partial charge in [-0.3, -0.25) is 0 Å². The van der Waals surface area contributed by atoms with Gasteiger partial charge in [-0.2, -0.15) is 13.2 Å². The Balaban J connectivity index is 4.74. The summed E-state index contributed by atoms with van der Waals surface area (Å²) in [5.74, 6) is 0. The second kappa shape index (κ2) is 7.14. The molecule has 0 aromatic rings. The second-order valence-corrected chi connectivity index (χ2v) is 20.6. The van der Waals surface area contributed by atoms with Crippen LogP contribution in [0.15, 0.2) is 0 Å². The quantitative estimate of drug-likeness (QED) is 0.617. The van der Waals surface area contributed by atoms with Crippen molar-refractivity contribution in [2.75, 3.05) is 0 Å². The van der Waals surface area contributed by atoms with Gasteiger partial charge in [-0.05, 0) is 51.9 Å². The maximum Gasteiger partial charge on any atom is 0.389 e. The molecule has 0 aliphatic rings. The van der Waals surface area contributed by atoms with Gasteiger partial charge < -0.3 is 21.9 Å². The Morgan fingerprint density at radius 2 is 1.18 bits per heavy atom. The summed E-state index contributed by atoms with van der Waals surface area (Å²) in [6.45, 7) is 11.3. The molecule has 0 heterocycles. The van der Waals surface area contributed by atoms with Crippen molar-refractivity contribution in [1.82, 2.24) is 0 Å². The first-order valence-corrected chi connectivity index (χ1v) is 18.0. The molecule has 0 fully saturated rings. The third-order valence-electron chi connectivity index (χ3n) is 2.33. The van der Waals surface area contributed by atoms with E-state index in [2.05, 4.69) is 0 Å². The van der Waals surface area contributed by atoms with Crippen LogP contribution in [0.25, 0.3) is 0 Å². The number of alkyl halides is 3. The van der Waals surface area contributed by atoms with E-state index in [4.69, 9.17) is 12.3 Å². The highest BCUT2D eigenvalue weighted by Gasteiger charge is 2.45. The molecule has 0 aliphatic heterocycles. The van der Waals surface area contributed by atoms with Crippen LogP contribution in [0.5, 0.6) is 0 Å². The second-order valence-electron chi connectivity index (χ2n) is 6.84. The molecule has 0 saturated carbocycles. The van der Waals surface area contributed by atoms with Crippen LogP contribution in [0.2, 0.25) is 51.9 Å². The summed E-state index contributed by atoms with van der Waals surface area (Å²) in [7, 11) is -11.8. The summed E-state index contributed by atoms with van der Waals surface area (Å²) in [5, 5.41) is 0. The van der Waals surface area contributed by atoms with E-state index < -0.39 is 52.9 Å². The first-order chi connectivity index (χ1) is 9.33. The van der Waals surface area contributed by atoms with E-state index in [9.17, 15) is 22.8 Å². The summed E-state index contributed by atoms with van der Waals surface area (Å²) >= 11 is 0. The fourth-order valence-corrected chi connectivity index (χ4v) is 18.2. The van der Waals surface area contributed by atoms with E-state index >= 15 is 0 Å². The Labute approximate surface area is 134 Å². The molecule has 0 amide bonds. The van der Waals surface area contributed by atoms with Crippen LogP contribution in [-0.4, -0.2) is 50.0 Å². The van der Waals surface area contributed by atoms with Gasteiger partial charge in [0.15, 0.2) is 0 Å². The predicted molar refractivity (Wildman–Crippen MR) is 87.2 cm³/mol. The lowest BCUT2D eigenvalue weighted by atomic mass is 10.5. The van der Waals surface area contributed by atoms with E-state index in [0.717, 1.165) is 0 Å². The van der Waals surface area contributed by atoms with Crippen molar-refractivity contribution in [2.45, 2.75) is 64.5 Å². The van der Waals surface area contributed by atoms with Crippen molar-refractivity contribution in [3.05, 3.63) is 0 Å². The van der Waals surface area contributed by atoms with Crippen molar-refractivity contribution >= 4 is 34.2 Å². The molecule has 12 heteroatoms. The third kappa shape index (κ3) is 12.0. The Hall–Kier alpha value is 0.458. The van der Waals surface area contributed by atoms with E-state index in [1.165, 1.54) is 6.55 Å². The standard InChI is InChI=1S/C10H27F3O5Si4/c1-19(2,14)16-20(3,4)17-21(5,6)18-22(7,15)9-8-10(11,12)13/h14-15H,8-9H2,1-7H3. The topological polar surface area (TPSA) is 68.2 Å². The first-order valence-electron chi connectivity index (χ1n) is 6.95. The minimum Gasteiger partial charge on any atom is -0.416 e. The minimum absolute atomic E-state index is 0.431. The van der Waals surface area contributed by atoms with Crippen molar-refractivity contribution in [3.8, 4) is 0 Å². The molecule has 0 saturated heterocycles. The molecule has 134 valence electrons. The summed E-state index contributed by atoms with van der Waals surface area (Å²) in [4.78, 5) is 20.0. The van der Waals surface area contributed by atoms with Crippen molar-refractivity contribution in [1.29, 1.82) is 0 Å². The first kappa shape index (κ1) is 22.5. The van der Waals surface area contributed by atoms with Gasteiger partial charge in [-0.1, -0.05) is 0 Å². The monoisotopic (exact) mass is 396 g/mol. The Morgan fingerprint density at radius 3 is 1.55 bits per heavy atom. The third-order valence-corrected chi connectivity index (χ3v) is 15.1. The summed E-state index contributed by atoms with van der Waals surface area (Å²) in [6, 6.07) is -0.431. The van der Waals surface area contributed by atoms with Gasteiger partial charge in [0, 0.05) is 6.42 Å². The molecule has 22 heavy (non-hydrogen) atoms. The Kier molecular flexibility index (Phi) is 7.29. The van der Waals surface area contributed by atoms with Crippen LogP contribution in [0, 0.1) is 0 Å². The molecule has 0 aromatic heterocycles. The smallest absolute Gasteiger partial charge is 0.389 e. The lowest BCUT2D eigenvalue weighted by molar-refractivity contribution is -0.131. The maximum atomic E-state index is 12.3. The summed E-state index contributed by atoms with van der Waals surface area (Å²) in [6.07, 6.45) is -5.40. The number of halogens is 3. The maximum absolute atomic E-state index is 12.3. The molecule has 0 radical (unpaired) electrons. The van der Waals surface area contributed by atoms with E-state index in [0.29, 0.717) is 0 Å². The SMILES string of the molecule is C[Si](C)(O)O[Si](C)(C)O[Si](C)(C)O[Si](C)(O)CCC(F)(F)F. The van der Waals surface area contributed by atoms with Crippen LogP contribution in [-0.2, 0) is 12.3 Å². The van der Waals surface area contributed by atoms with E-state index in [1.807, 2.05) is 0 Å². The Morgan fingerprint density at radius 1 is 0.773 bits per heavy atom. The molecule has 1 unspecified atom stereocenters. The molecule has 0 bridgehead atoms. The lowest BCUT2D eigenvalue weighted by Gasteiger charge is -2.38. The largest absolute Gasteiger partial charge is 0.416 e. The Bertz CT molecular complexity index is 369. The van der Waals surface area contributed by atoms with Gasteiger partial charge in [0.05, 0.1) is 0 Å². The van der Waals surface area contributed by atoms with E-state index in [1.54, 1.807) is 39.3 Å². The van der Waals surface area contributed by atoms with Gasteiger partial charge in [-0.15, -0.1) is 0 Å². The molecule has 0 spiro atoms. The zero-order valence-corrected chi connectivity index (χ0v) is 18.2. The fourth-order valence-electron chi connectivity index (χ4n) is 2.19. The number of hydrogen-bond donors (Lipinski definition) is 2. The van der Waals surface area contributed by atoms with Gasteiger partial charge in [0.25, 0.3) is 0 Å². The molecule has 0 aromatic carbocycles. The molecule has 0 rings (SSSR count). The number of rotatable bonds is 8. The molecular formula is C10H27F3O5Si4. The van der Waals surface area contributed by atoms with Gasteiger partial charge in [0.1, 0.15) is 0 Å². The average Bonchev–Trinajstić information content (AvgIpc) is 2.04. The van der Waals surface area contributed by atoms with Crippen LogP contribution in [0.1, 0.15) is 6.42 Å². The fraction of sp³-hybridized carbons (Fsp3) is 1.00. The highest BCUT2D eigenvalue weighted by molar-refractivity contribution is 6.87. The van der Waals surface area contributed by atoms with Crippen LogP contribution in [0.4, 0.5) is 13.2 Å². The lowest BCUT2D eigenvalue weighted by Crippen LogP contribution is -2.57. The molecule has 5 nitrogen and oxygen atoms in total. The highest BCUT2D eigenvalue weighted by Crippen LogP contribution is 2.28. The van der Waals surface area contributed by atoms with Crippen molar-refractivity contribution < 1.29 is 35.1 Å². The highest BCUT2D eigenvalue weighted by atomic mass is 28.5. The van der Waals surface area contributed by atoms with Crippen molar-refractivity contribution in [2.24, 2.45) is 0 Å². The zero-order valence-electron chi connectivity index (χ0n) is 14.2. The van der Waals surface area contributed by atoms with Gasteiger partial charge in [-0.25, -0.2) is 0 Å². The van der Waals surface area contributed by atoms with Crippen LogP contribution >= 0.6 is 0 Å². The molecule has 2 N–H and O–H groups in total. The summed E-state index contributed by atoms with van der Waals surface area (Å²) in [5.41, 5.74) is 0.